The van der Waals surface area contributed by atoms with Crippen molar-refractivity contribution >= 4 is 45.9 Å². The summed E-state index contributed by atoms with van der Waals surface area (Å²) in [4.78, 5) is 44.1. The Hall–Kier alpha value is -4.12. The van der Waals surface area contributed by atoms with Crippen LogP contribution in [0.1, 0.15) is 30.8 Å². The molecule has 10 nitrogen and oxygen atoms in total. The largest absolute Gasteiger partial charge is 0.382 e. The second-order valence-electron chi connectivity index (χ2n) is 6.87. The van der Waals surface area contributed by atoms with E-state index in [0.717, 1.165) is 0 Å². The SMILES string of the molecule is CCC(=O)Nc1ccc(-c2cnc(N)c(C(=O)Nc3ccc(S(=O)NC(C)=O)cc3)n2)cc1. The summed E-state index contributed by atoms with van der Waals surface area (Å²) in [5, 5.41) is 5.42. The van der Waals surface area contributed by atoms with E-state index < -0.39 is 22.8 Å². The van der Waals surface area contributed by atoms with Gasteiger partial charge < -0.3 is 16.4 Å². The first kappa shape index (κ1) is 23.5. The molecule has 11 heteroatoms. The van der Waals surface area contributed by atoms with Crippen LogP contribution < -0.4 is 21.1 Å². The maximum atomic E-state index is 12.7. The Kier molecular flexibility index (Phi) is 7.46. The van der Waals surface area contributed by atoms with Crippen LogP contribution >= 0.6 is 0 Å². The first-order valence-corrected chi connectivity index (χ1v) is 11.0. The number of aromatic nitrogens is 2. The van der Waals surface area contributed by atoms with E-state index >= 15 is 0 Å². The fourth-order valence-electron chi connectivity index (χ4n) is 2.72. The van der Waals surface area contributed by atoms with Crippen molar-refractivity contribution < 1.29 is 18.6 Å². The van der Waals surface area contributed by atoms with Gasteiger partial charge in [-0.3, -0.25) is 19.1 Å². The highest BCUT2D eigenvalue weighted by molar-refractivity contribution is 7.83. The first-order chi connectivity index (χ1) is 15.8. The maximum Gasteiger partial charge on any atom is 0.278 e. The van der Waals surface area contributed by atoms with Gasteiger partial charge in [0.15, 0.2) is 22.5 Å². The normalized spacial score (nSPS) is 11.3. The number of amides is 3. The zero-order valence-corrected chi connectivity index (χ0v) is 18.7. The Morgan fingerprint density at radius 2 is 1.58 bits per heavy atom. The van der Waals surface area contributed by atoms with Crippen molar-refractivity contribution in [2.24, 2.45) is 0 Å². The molecule has 2 aromatic carbocycles. The number of nitrogens with one attached hydrogen (secondary N) is 3. The molecule has 0 bridgehead atoms. The molecule has 170 valence electrons. The van der Waals surface area contributed by atoms with Crippen molar-refractivity contribution in [3.05, 3.63) is 60.4 Å². The lowest BCUT2D eigenvalue weighted by atomic mass is 10.1. The molecule has 3 amide bonds. The van der Waals surface area contributed by atoms with Gasteiger partial charge in [-0.15, -0.1) is 0 Å². The van der Waals surface area contributed by atoms with Gasteiger partial charge in [0.25, 0.3) is 5.91 Å². The molecule has 3 rings (SSSR count). The second kappa shape index (κ2) is 10.5. The Morgan fingerprint density at radius 1 is 0.970 bits per heavy atom. The van der Waals surface area contributed by atoms with Crippen LogP contribution in [0.3, 0.4) is 0 Å². The summed E-state index contributed by atoms with van der Waals surface area (Å²) >= 11 is 0. The van der Waals surface area contributed by atoms with Crippen LogP contribution in [0.4, 0.5) is 17.2 Å². The minimum Gasteiger partial charge on any atom is -0.382 e. The lowest BCUT2D eigenvalue weighted by Crippen LogP contribution is -2.22. The molecule has 1 unspecified atom stereocenters. The van der Waals surface area contributed by atoms with E-state index in [-0.39, 0.29) is 17.4 Å². The smallest absolute Gasteiger partial charge is 0.278 e. The first-order valence-electron chi connectivity index (χ1n) is 9.90. The van der Waals surface area contributed by atoms with E-state index in [4.69, 9.17) is 5.73 Å². The lowest BCUT2D eigenvalue weighted by Gasteiger charge is -2.10. The molecule has 5 N–H and O–H groups in total. The quantitative estimate of drug-likeness (QED) is 0.417. The summed E-state index contributed by atoms with van der Waals surface area (Å²) in [6.07, 6.45) is 1.83. The van der Waals surface area contributed by atoms with Crippen molar-refractivity contribution in [2.75, 3.05) is 16.4 Å². The molecule has 0 aliphatic heterocycles. The molecule has 1 atom stereocenters. The fraction of sp³-hybridized carbons (Fsp3) is 0.136. The Labute approximate surface area is 192 Å². The third-order valence-corrected chi connectivity index (χ3v) is 5.54. The average molecular weight is 467 g/mol. The third-order valence-electron chi connectivity index (χ3n) is 4.36. The number of carbonyl (C=O) groups excluding carboxylic acids is 3. The molecule has 1 heterocycles. The van der Waals surface area contributed by atoms with E-state index in [0.29, 0.717) is 33.9 Å². The monoisotopic (exact) mass is 466 g/mol. The summed E-state index contributed by atoms with van der Waals surface area (Å²) in [6.45, 7) is 3.03. The number of nitrogens with two attached hydrogens (primary N) is 1. The highest BCUT2D eigenvalue weighted by Crippen LogP contribution is 2.22. The van der Waals surface area contributed by atoms with Gasteiger partial charge in [0.05, 0.1) is 16.8 Å². The summed E-state index contributed by atoms with van der Waals surface area (Å²) in [6, 6.07) is 13.1. The number of hydrogen-bond donors (Lipinski definition) is 4. The molecule has 0 spiro atoms. The van der Waals surface area contributed by atoms with Gasteiger partial charge in [0.1, 0.15) is 0 Å². The third kappa shape index (κ3) is 6.20. The molecular weight excluding hydrogens is 444 g/mol. The zero-order chi connectivity index (χ0) is 24.0. The molecule has 1 aromatic heterocycles. The molecule has 0 aliphatic rings. The molecule has 0 saturated heterocycles. The zero-order valence-electron chi connectivity index (χ0n) is 17.9. The van der Waals surface area contributed by atoms with E-state index in [1.807, 2.05) is 0 Å². The van der Waals surface area contributed by atoms with E-state index in [2.05, 4.69) is 25.3 Å². The van der Waals surface area contributed by atoms with E-state index in [1.54, 1.807) is 43.3 Å². The van der Waals surface area contributed by atoms with Crippen LogP contribution in [0.2, 0.25) is 0 Å². The summed E-state index contributed by atoms with van der Waals surface area (Å²) in [5.41, 5.74) is 8.01. The van der Waals surface area contributed by atoms with Gasteiger partial charge in [0, 0.05) is 30.3 Å². The summed E-state index contributed by atoms with van der Waals surface area (Å²) < 4.78 is 14.2. The Morgan fingerprint density at radius 3 is 2.18 bits per heavy atom. The van der Waals surface area contributed by atoms with Crippen LogP contribution in [0.25, 0.3) is 11.3 Å². The predicted octanol–water partition coefficient (Wildman–Crippen LogP) is 2.49. The minimum absolute atomic E-state index is 0.0357. The number of hydrogen-bond acceptors (Lipinski definition) is 7. The molecule has 3 aromatic rings. The number of carbonyl (C=O) groups is 3. The molecule has 33 heavy (non-hydrogen) atoms. The number of nitrogen functional groups attached to an aromatic ring is 1. The molecule has 0 saturated carbocycles. The van der Waals surface area contributed by atoms with Crippen molar-refractivity contribution in [3.8, 4) is 11.3 Å². The van der Waals surface area contributed by atoms with Crippen molar-refractivity contribution in [2.45, 2.75) is 25.2 Å². The van der Waals surface area contributed by atoms with Gasteiger partial charge in [0.2, 0.25) is 11.8 Å². The number of anilines is 3. The summed E-state index contributed by atoms with van der Waals surface area (Å²) in [5.74, 6) is -1.11. The average Bonchev–Trinajstić information content (AvgIpc) is 2.79. The number of rotatable bonds is 7. The molecule has 0 radical (unpaired) electrons. The number of benzene rings is 2. The maximum absolute atomic E-state index is 12.7. The van der Waals surface area contributed by atoms with Crippen LogP contribution in [-0.2, 0) is 20.6 Å². The van der Waals surface area contributed by atoms with Crippen LogP contribution in [0, 0.1) is 0 Å². The van der Waals surface area contributed by atoms with Crippen LogP contribution in [-0.4, -0.2) is 31.9 Å². The van der Waals surface area contributed by atoms with Crippen LogP contribution in [0.5, 0.6) is 0 Å². The van der Waals surface area contributed by atoms with Gasteiger partial charge in [-0.2, -0.15) is 0 Å². The highest BCUT2D eigenvalue weighted by atomic mass is 32.2. The Balaban J connectivity index is 1.75. The molecule has 0 fully saturated rings. The van der Waals surface area contributed by atoms with E-state index in [1.165, 1.54) is 25.3 Å². The van der Waals surface area contributed by atoms with Crippen molar-refractivity contribution in [3.63, 3.8) is 0 Å². The minimum atomic E-state index is -1.68. The fourth-order valence-corrected chi connectivity index (χ4v) is 3.48. The number of nitrogens with zero attached hydrogens (tertiary/aromatic N) is 2. The van der Waals surface area contributed by atoms with Crippen molar-refractivity contribution in [1.29, 1.82) is 0 Å². The predicted molar refractivity (Wildman–Crippen MR) is 125 cm³/mol. The topological polar surface area (TPSA) is 156 Å². The van der Waals surface area contributed by atoms with Crippen molar-refractivity contribution in [1.82, 2.24) is 14.7 Å². The second-order valence-corrected chi connectivity index (χ2v) is 8.09. The Bertz CT molecular complexity index is 1210. The van der Waals surface area contributed by atoms with E-state index in [9.17, 15) is 18.6 Å². The van der Waals surface area contributed by atoms with Crippen LogP contribution in [0.15, 0.2) is 59.6 Å². The van der Waals surface area contributed by atoms with Gasteiger partial charge in [-0.25, -0.2) is 14.2 Å². The lowest BCUT2D eigenvalue weighted by molar-refractivity contribution is -0.117. The van der Waals surface area contributed by atoms with Gasteiger partial charge in [-0.05, 0) is 36.4 Å². The molecule has 0 aliphatic carbocycles. The summed E-state index contributed by atoms with van der Waals surface area (Å²) in [7, 11) is -1.68. The highest BCUT2D eigenvalue weighted by Gasteiger charge is 2.16. The van der Waals surface area contributed by atoms with Gasteiger partial charge in [-0.1, -0.05) is 19.1 Å². The molecular formula is C22H22N6O4S. The standard InChI is InChI=1S/C22H22N6O4S/c1-3-19(30)25-15-6-4-14(5-7-15)18-12-24-21(23)20(27-18)22(31)26-16-8-10-17(11-9-16)33(32)28-13(2)29/h4-12H,3H2,1-2H3,(H2,23,24)(H,25,30)(H,26,31)(H,28,29). The van der Waals surface area contributed by atoms with Gasteiger partial charge >= 0.3 is 0 Å².